The Labute approximate surface area is 179 Å². The number of rotatable bonds is 6. The predicted octanol–water partition coefficient (Wildman–Crippen LogP) is 4.93. The predicted molar refractivity (Wildman–Crippen MR) is 118 cm³/mol. The molecule has 1 atom stereocenters. The highest BCUT2D eigenvalue weighted by molar-refractivity contribution is 6.30. The van der Waals surface area contributed by atoms with Crippen LogP contribution in [0.2, 0.25) is 5.02 Å². The monoisotopic (exact) mass is 424 g/mol. The topological polar surface area (TPSA) is 76.9 Å². The van der Waals surface area contributed by atoms with E-state index < -0.39 is 5.82 Å². The number of likely N-dealkylation sites (tertiary alicyclic amines) is 1. The molecule has 30 heavy (non-hydrogen) atoms. The second kappa shape index (κ2) is 8.82. The zero-order valence-electron chi connectivity index (χ0n) is 16.6. The first-order valence-electron chi connectivity index (χ1n) is 9.98. The van der Waals surface area contributed by atoms with Gasteiger partial charge in [0.1, 0.15) is 17.7 Å². The van der Waals surface area contributed by atoms with Gasteiger partial charge in [-0.1, -0.05) is 18.5 Å². The largest absolute Gasteiger partial charge is 0.368 e. The molecule has 3 aromatic rings. The smallest absolute Gasteiger partial charge is 0.143 e. The second-order valence-corrected chi connectivity index (χ2v) is 7.71. The summed E-state index contributed by atoms with van der Waals surface area (Å²) in [6.45, 7) is 5.16. The van der Waals surface area contributed by atoms with Gasteiger partial charge in [0.05, 0.1) is 28.0 Å². The number of hydrogen-bond acceptors (Lipinski definition) is 6. The number of fused-ring (bicyclic) bond motifs is 1. The van der Waals surface area contributed by atoms with Crippen LogP contribution in [-0.2, 0) is 0 Å². The molecule has 0 radical (unpaired) electrons. The number of halogens is 2. The Morgan fingerprint density at radius 3 is 2.93 bits per heavy atom. The summed E-state index contributed by atoms with van der Waals surface area (Å²) in [6.07, 6.45) is 5.55. The molecular formula is C22H22ClFN6. The van der Waals surface area contributed by atoms with Crippen molar-refractivity contribution < 1.29 is 4.39 Å². The van der Waals surface area contributed by atoms with Crippen LogP contribution >= 0.6 is 11.6 Å². The van der Waals surface area contributed by atoms with Crippen molar-refractivity contribution in [1.29, 1.82) is 5.26 Å². The van der Waals surface area contributed by atoms with Crippen molar-refractivity contribution in [2.24, 2.45) is 0 Å². The Bertz CT molecular complexity index is 1110. The average Bonchev–Trinajstić information content (AvgIpc) is 3.22. The molecule has 1 aliphatic heterocycles. The third kappa shape index (κ3) is 4.16. The third-order valence-electron chi connectivity index (χ3n) is 5.49. The standard InChI is InChI=1S/C22H22ClFN6/c1-2-30-7-3-4-16(30)12-27-21-9-17-20(13-28-21)26-11-14(10-25)22(17)29-15-5-6-18(23)19(24)8-15/h5-6,8-9,11,13,16H,2-4,7,12H2,1H3,(H,26,29)(H,27,28)/t16-/m0/s1. The van der Waals surface area contributed by atoms with E-state index in [1.807, 2.05) is 6.07 Å². The maximum Gasteiger partial charge on any atom is 0.143 e. The minimum absolute atomic E-state index is 0.0457. The summed E-state index contributed by atoms with van der Waals surface area (Å²) >= 11 is 5.78. The highest BCUT2D eigenvalue weighted by Gasteiger charge is 2.22. The van der Waals surface area contributed by atoms with E-state index >= 15 is 0 Å². The Balaban J connectivity index is 1.65. The summed E-state index contributed by atoms with van der Waals surface area (Å²) in [6, 6.07) is 8.96. The maximum atomic E-state index is 13.9. The molecule has 0 unspecified atom stereocenters. The molecule has 1 aromatic carbocycles. The lowest BCUT2D eigenvalue weighted by Crippen LogP contribution is -2.34. The van der Waals surface area contributed by atoms with Crippen molar-refractivity contribution in [3.05, 3.63) is 53.1 Å². The SMILES string of the molecule is CCN1CCC[C@H]1CNc1cc2c(Nc3ccc(Cl)c(F)c3)c(C#N)cnc2cn1. The van der Waals surface area contributed by atoms with Gasteiger partial charge in [0.25, 0.3) is 0 Å². The van der Waals surface area contributed by atoms with Crippen molar-refractivity contribution in [2.75, 3.05) is 30.3 Å². The summed E-state index contributed by atoms with van der Waals surface area (Å²) < 4.78 is 13.9. The zero-order valence-corrected chi connectivity index (χ0v) is 17.4. The number of likely N-dealkylation sites (N-methyl/N-ethyl adjacent to an activating group) is 1. The molecule has 0 spiro atoms. The van der Waals surface area contributed by atoms with Crippen molar-refractivity contribution in [3.63, 3.8) is 0 Å². The molecule has 8 heteroatoms. The van der Waals surface area contributed by atoms with E-state index in [0.717, 1.165) is 25.0 Å². The molecule has 6 nitrogen and oxygen atoms in total. The van der Waals surface area contributed by atoms with E-state index in [9.17, 15) is 9.65 Å². The summed E-state index contributed by atoms with van der Waals surface area (Å²) in [5, 5.41) is 16.9. The van der Waals surface area contributed by atoms with Gasteiger partial charge < -0.3 is 10.6 Å². The fraction of sp³-hybridized carbons (Fsp3) is 0.318. The first kappa shape index (κ1) is 20.3. The Morgan fingerprint density at radius 1 is 1.30 bits per heavy atom. The van der Waals surface area contributed by atoms with Gasteiger partial charge in [0.2, 0.25) is 0 Å². The fourth-order valence-electron chi connectivity index (χ4n) is 3.89. The molecule has 2 N–H and O–H groups in total. The normalized spacial score (nSPS) is 16.5. The summed E-state index contributed by atoms with van der Waals surface area (Å²) in [5.41, 5.74) is 2.07. The van der Waals surface area contributed by atoms with E-state index in [0.29, 0.717) is 34.3 Å². The van der Waals surface area contributed by atoms with Gasteiger partial charge in [-0.3, -0.25) is 9.88 Å². The summed E-state index contributed by atoms with van der Waals surface area (Å²) in [4.78, 5) is 11.3. The van der Waals surface area contributed by atoms with Crippen LogP contribution in [-0.4, -0.2) is 40.5 Å². The lowest BCUT2D eigenvalue weighted by atomic mass is 10.1. The lowest BCUT2D eigenvalue weighted by molar-refractivity contribution is 0.277. The maximum absolute atomic E-state index is 13.9. The van der Waals surface area contributed by atoms with Crippen LogP contribution in [0, 0.1) is 17.1 Å². The molecule has 4 rings (SSSR count). The molecule has 1 aliphatic rings. The highest BCUT2D eigenvalue weighted by atomic mass is 35.5. The number of anilines is 3. The second-order valence-electron chi connectivity index (χ2n) is 7.30. The molecule has 2 aromatic heterocycles. The number of pyridine rings is 2. The van der Waals surface area contributed by atoms with Crippen molar-refractivity contribution in [1.82, 2.24) is 14.9 Å². The summed E-state index contributed by atoms with van der Waals surface area (Å²) in [7, 11) is 0. The zero-order chi connectivity index (χ0) is 21.1. The van der Waals surface area contributed by atoms with E-state index in [-0.39, 0.29) is 5.02 Å². The molecule has 1 saturated heterocycles. The van der Waals surface area contributed by atoms with Gasteiger partial charge >= 0.3 is 0 Å². The number of aromatic nitrogens is 2. The minimum atomic E-state index is -0.528. The van der Waals surface area contributed by atoms with Crippen molar-refractivity contribution in [3.8, 4) is 6.07 Å². The van der Waals surface area contributed by atoms with Crippen LogP contribution < -0.4 is 10.6 Å². The highest BCUT2D eigenvalue weighted by Crippen LogP contribution is 2.31. The first-order valence-corrected chi connectivity index (χ1v) is 10.4. The molecule has 1 fully saturated rings. The van der Waals surface area contributed by atoms with Crippen molar-refractivity contribution in [2.45, 2.75) is 25.8 Å². The number of benzene rings is 1. The number of hydrogen-bond donors (Lipinski definition) is 2. The van der Waals surface area contributed by atoms with Crippen LogP contribution in [0.25, 0.3) is 10.9 Å². The number of nitrogens with one attached hydrogen (secondary N) is 2. The fourth-order valence-corrected chi connectivity index (χ4v) is 4.01. The Morgan fingerprint density at radius 2 is 2.17 bits per heavy atom. The molecule has 0 aliphatic carbocycles. The van der Waals surface area contributed by atoms with Gasteiger partial charge in [-0.25, -0.2) is 9.37 Å². The van der Waals surface area contributed by atoms with E-state index in [2.05, 4.69) is 38.5 Å². The van der Waals surface area contributed by atoms with Gasteiger partial charge in [0.15, 0.2) is 0 Å². The summed E-state index contributed by atoms with van der Waals surface area (Å²) in [5.74, 6) is 0.187. The Kier molecular flexibility index (Phi) is 5.98. The average molecular weight is 425 g/mol. The first-order chi connectivity index (χ1) is 14.6. The quantitative estimate of drug-likeness (QED) is 0.584. The van der Waals surface area contributed by atoms with Gasteiger partial charge in [0, 0.05) is 29.9 Å². The van der Waals surface area contributed by atoms with Gasteiger partial charge in [-0.15, -0.1) is 0 Å². The molecule has 0 saturated carbocycles. The third-order valence-corrected chi connectivity index (χ3v) is 5.79. The van der Waals surface area contributed by atoms with Gasteiger partial charge in [-0.2, -0.15) is 5.26 Å². The number of nitriles is 1. The van der Waals surface area contributed by atoms with Gasteiger partial charge in [-0.05, 0) is 50.2 Å². The van der Waals surface area contributed by atoms with Crippen LogP contribution in [0.5, 0.6) is 0 Å². The van der Waals surface area contributed by atoms with Crippen molar-refractivity contribution >= 4 is 39.7 Å². The van der Waals surface area contributed by atoms with Crippen LogP contribution in [0.15, 0.2) is 36.7 Å². The molecule has 3 heterocycles. The van der Waals surface area contributed by atoms with E-state index in [1.165, 1.54) is 31.2 Å². The molecular weight excluding hydrogens is 403 g/mol. The van der Waals surface area contributed by atoms with Crippen LogP contribution in [0.4, 0.5) is 21.6 Å². The lowest BCUT2D eigenvalue weighted by Gasteiger charge is -2.23. The van der Waals surface area contributed by atoms with E-state index in [4.69, 9.17) is 11.6 Å². The molecule has 0 bridgehead atoms. The molecule has 154 valence electrons. The van der Waals surface area contributed by atoms with Crippen LogP contribution in [0.3, 0.4) is 0 Å². The Hall–Kier alpha value is -2.95. The van der Waals surface area contributed by atoms with E-state index in [1.54, 1.807) is 12.3 Å². The number of nitrogens with zero attached hydrogens (tertiary/aromatic N) is 4. The van der Waals surface area contributed by atoms with Crippen LogP contribution in [0.1, 0.15) is 25.3 Å². The minimum Gasteiger partial charge on any atom is -0.368 e. The molecule has 0 amide bonds.